The van der Waals surface area contributed by atoms with Gasteiger partial charge in [0.15, 0.2) is 5.96 Å². The van der Waals surface area contributed by atoms with Gasteiger partial charge >= 0.3 is 0 Å². The lowest BCUT2D eigenvalue weighted by Crippen LogP contribution is -2.43. The fourth-order valence-electron chi connectivity index (χ4n) is 2.88. The highest BCUT2D eigenvalue weighted by Crippen LogP contribution is 2.17. The highest BCUT2D eigenvalue weighted by Gasteiger charge is 2.17. The molecule has 1 saturated heterocycles. The molecule has 0 bridgehead atoms. The zero-order chi connectivity index (χ0) is 15.9. The molecule has 0 amide bonds. The minimum Gasteiger partial charge on any atom is -0.372 e. The molecule has 1 aliphatic rings. The molecule has 2 rings (SSSR count). The molecule has 1 fully saturated rings. The Kier molecular flexibility index (Phi) is 8.65. The lowest BCUT2D eigenvalue weighted by molar-refractivity contribution is 0.270. The molecule has 2 N–H and O–H groups in total. The topological polar surface area (TPSA) is 44.9 Å². The summed E-state index contributed by atoms with van der Waals surface area (Å²) in [7, 11) is 1.90. The van der Waals surface area contributed by atoms with E-state index in [0.29, 0.717) is 24.1 Å². The van der Waals surface area contributed by atoms with E-state index in [1.165, 1.54) is 18.9 Å². The number of rotatable bonds is 5. The second-order valence-corrected chi connectivity index (χ2v) is 6.16. The summed E-state index contributed by atoms with van der Waals surface area (Å²) in [5.41, 5.74) is 6.69. The van der Waals surface area contributed by atoms with Crippen LogP contribution < -0.4 is 10.6 Å². The molecule has 0 aromatic heterocycles. The number of hydrogen-bond acceptors (Lipinski definition) is 2. The Bertz CT molecular complexity index is 509. The predicted octanol–water partition coefficient (Wildman–Crippen LogP) is 3.32. The van der Waals surface area contributed by atoms with E-state index < -0.39 is 0 Å². The monoisotopic (exact) mass is 434 g/mol. The molecular weight excluding hydrogens is 406 g/mol. The van der Waals surface area contributed by atoms with E-state index in [2.05, 4.69) is 16.8 Å². The van der Waals surface area contributed by atoms with Gasteiger partial charge in [-0.05, 0) is 37.3 Å². The molecule has 1 aliphatic heterocycles. The molecule has 0 saturated carbocycles. The molecule has 0 aliphatic carbocycles. The smallest absolute Gasteiger partial charge is 0.191 e. The average molecular weight is 434 g/mol. The van der Waals surface area contributed by atoms with Gasteiger partial charge in [0, 0.05) is 33.2 Å². The van der Waals surface area contributed by atoms with E-state index in [9.17, 15) is 4.39 Å². The van der Waals surface area contributed by atoms with E-state index >= 15 is 0 Å². The maximum Gasteiger partial charge on any atom is 0.191 e. The summed E-state index contributed by atoms with van der Waals surface area (Å²) in [6.45, 7) is 5.70. The van der Waals surface area contributed by atoms with Crippen molar-refractivity contribution in [2.45, 2.75) is 26.2 Å². The van der Waals surface area contributed by atoms with Crippen LogP contribution in [0.15, 0.2) is 29.3 Å². The SMILES string of the molecule is CC1CCCN(C(N)=NCCCN(C)c2ccccc2F)C1.I. The number of anilines is 1. The number of benzene rings is 1. The summed E-state index contributed by atoms with van der Waals surface area (Å²) < 4.78 is 13.7. The van der Waals surface area contributed by atoms with Gasteiger partial charge in [-0.2, -0.15) is 0 Å². The Morgan fingerprint density at radius 1 is 1.43 bits per heavy atom. The van der Waals surface area contributed by atoms with E-state index in [1.54, 1.807) is 12.1 Å². The third-order valence-electron chi connectivity index (χ3n) is 4.17. The molecule has 1 aromatic rings. The van der Waals surface area contributed by atoms with Crippen molar-refractivity contribution in [1.82, 2.24) is 4.90 Å². The molecule has 130 valence electrons. The molecule has 1 aromatic carbocycles. The minimum absolute atomic E-state index is 0. The van der Waals surface area contributed by atoms with Crippen LogP contribution in [0.5, 0.6) is 0 Å². The highest BCUT2D eigenvalue weighted by molar-refractivity contribution is 14.0. The van der Waals surface area contributed by atoms with Gasteiger partial charge in [0.2, 0.25) is 0 Å². The number of para-hydroxylation sites is 1. The lowest BCUT2D eigenvalue weighted by Gasteiger charge is -2.31. The summed E-state index contributed by atoms with van der Waals surface area (Å²) in [6.07, 6.45) is 3.32. The molecule has 6 heteroatoms. The highest BCUT2D eigenvalue weighted by atomic mass is 127. The number of guanidine groups is 1. The first kappa shape index (κ1) is 20.0. The van der Waals surface area contributed by atoms with Crippen LogP contribution in [0, 0.1) is 11.7 Å². The molecular formula is C17H28FIN4. The van der Waals surface area contributed by atoms with Gasteiger partial charge in [-0.25, -0.2) is 4.39 Å². The van der Waals surface area contributed by atoms with Crippen LogP contribution in [0.2, 0.25) is 0 Å². The molecule has 23 heavy (non-hydrogen) atoms. The van der Waals surface area contributed by atoms with Crippen LogP contribution in [0.4, 0.5) is 10.1 Å². The molecule has 1 heterocycles. The summed E-state index contributed by atoms with van der Waals surface area (Å²) in [5.74, 6) is 1.16. The van der Waals surface area contributed by atoms with Crippen molar-refractivity contribution in [2.24, 2.45) is 16.6 Å². The van der Waals surface area contributed by atoms with Crippen molar-refractivity contribution in [3.05, 3.63) is 30.1 Å². The minimum atomic E-state index is -0.185. The molecule has 1 unspecified atom stereocenters. The van der Waals surface area contributed by atoms with Crippen molar-refractivity contribution in [1.29, 1.82) is 0 Å². The van der Waals surface area contributed by atoms with Gasteiger partial charge in [0.1, 0.15) is 5.82 Å². The normalized spacial score (nSPS) is 18.5. The quantitative estimate of drug-likeness (QED) is 0.335. The number of nitrogens with two attached hydrogens (primary N) is 1. The van der Waals surface area contributed by atoms with E-state index in [4.69, 9.17) is 5.73 Å². The Labute approximate surface area is 156 Å². The maximum atomic E-state index is 13.7. The summed E-state index contributed by atoms with van der Waals surface area (Å²) in [4.78, 5) is 8.57. The third-order valence-corrected chi connectivity index (χ3v) is 4.17. The van der Waals surface area contributed by atoms with Gasteiger partial charge in [-0.3, -0.25) is 4.99 Å². The van der Waals surface area contributed by atoms with Crippen LogP contribution in [0.3, 0.4) is 0 Å². The zero-order valence-corrected chi connectivity index (χ0v) is 16.4. The number of likely N-dealkylation sites (tertiary alicyclic amines) is 1. The van der Waals surface area contributed by atoms with Crippen LogP contribution in [0.1, 0.15) is 26.2 Å². The number of halogens is 2. The standard InChI is InChI=1S/C17H27FN4.HI/c1-14-7-5-12-22(13-14)17(19)20-10-6-11-21(2)16-9-4-3-8-15(16)18;/h3-4,8-9,14H,5-7,10-13H2,1-2H3,(H2,19,20);1H. The number of aliphatic imine (C=N–C) groups is 1. The second-order valence-electron chi connectivity index (χ2n) is 6.16. The fourth-order valence-corrected chi connectivity index (χ4v) is 2.88. The second kappa shape index (κ2) is 9.95. The van der Waals surface area contributed by atoms with E-state index in [1.807, 2.05) is 18.0 Å². The van der Waals surface area contributed by atoms with Crippen LogP contribution in [0.25, 0.3) is 0 Å². The Hall–Kier alpha value is -1.05. The average Bonchev–Trinajstić information content (AvgIpc) is 2.51. The lowest BCUT2D eigenvalue weighted by atomic mass is 10.0. The molecule has 0 radical (unpaired) electrons. The first-order valence-corrected chi connectivity index (χ1v) is 8.08. The Balaban J connectivity index is 0.00000264. The molecule has 0 spiro atoms. The predicted molar refractivity (Wildman–Crippen MR) is 106 cm³/mol. The van der Waals surface area contributed by atoms with Gasteiger partial charge in [-0.1, -0.05) is 19.1 Å². The largest absolute Gasteiger partial charge is 0.372 e. The summed E-state index contributed by atoms with van der Waals surface area (Å²) in [5, 5.41) is 0. The molecule has 1 atom stereocenters. The number of piperidine rings is 1. The van der Waals surface area contributed by atoms with Gasteiger partial charge in [-0.15, -0.1) is 24.0 Å². The van der Waals surface area contributed by atoms with Crippen molar-refractivity contribution in [3.63, 3.8) is 0 Å². The van der Waals surface area contributed by atoms with Crippen LogP contribution in [-0.4, -0.2) is 44.1 Å². The number of nitrogens with zero attached hydrogens (tertiary/aromatic N) is 3. The van der Waals surface area contributed by atoms with Gasteiger partial charge < -0.3 is 15.5 Å². The van der Waals surface area contributed by atoms with Gasteiger partial charge in [0.25, 0.3) is 0 Å². The first-order valence-electron chi connectivity index (χ1n) is 8.08. The van der Waals surface area contributed by atoms with Crippen molar-refractivity contribution in [2.75, 3.05) is 38.1 Å². The summed E-state index contributed by atoms with van der Waals surface area (Å²) >= 11 is 0. The van der Waals surface area contributed by atoms with E-state index in [0.717, 1.165) is 26.1 Å². The zero-order valence-electron chi connectivity index (χ0n) is 14.0. The third kappa shape index (κ3) is 6.16. The molecule has 4 nitrogen and oxygen atoms in total. The van der Waals surface area contributed by atoms with E-state index in [-0.39, 0.29) is 29.8 Å². The van der Waals surface area contributed by atoms with Crippen molar-refractivity contribution < 1.29 is 4.39 Å². The Morgan fingerprint density at radius 2 is 2.17 bits per heavy atom. The van der Waals surface area contributed by atoms with Gasteiger partial charge in [0.05, 0.1) is 5.69 Å². The fraction of sp³-hybridized carbons (Fsp3) is 0.588. The van der Waals surface area contributed by atoms with Crippen LogP contribution >= 0.6 is 24.0 Å². The van der Waals surface area contributed by atoms with Crippen molar-refractivity contribution in [3.8, 4) is 0 Å². The summed E-state index contributed by atoms with van der Waals surface area (Å²) in [6, 6.07) is 6.83. The van der Waals surface area contributed by atoms with Crippen LogP contribution in [-0.2, 0) is 0 Å². The number of hydrogen-bond donors (Lipinski definition) is 1. The van der Waals surface area contributed by atoms with Crippen molar-refractivity contribution >= 4 is 35.6 Å². The first-order chi connectivity index (χ1) is 10.6. The maximum absolute atomic E-state index is 13.7. The Morgan fingerprint density at radius 3 is 2.87 bits per heavy atom.